The van der Waals surface area contributed by atoms with Crippen LogP contribution in [-0.4, -0.2) is 40.6 Å². The number of piperazine rings is 1. The van der Waals surface area contributed by atoms with E-state index < -0.39 is 6.04 Å². The highest BCUT2D eigenvalue weighted by Crippen LogP contribution is 2.24. The highest BCUT2D eigenvalue weighted by molar-refractivity contribution is 5.83. The van der Waals surface area contributed by atoms with E-state index in [4.69, 9.17) is 4.42 Å². The molecule has 5 heteroatoms. The Bertz CT molecular complexity index is 386. The van der Waals surface area contributed by atoms with Crippen molar-refractivity contribution in [3.05, 3.63) is 24.2 Å². The SMILES string of the molecule is CC1(C)CNC(=O)C(CO)N1Cc1ccco1. The fourth-order valence-electron chi connectivity index (χ4n) is 2.16. The predicted molar refractivity (Wildman–Crippen MR) is 62.2 cm³/mol. The van der Waals surface area contributed by atoms with Gasteiger partial charge in [-0.15, -0.1) is 0 Å². The molecule has 17 heavy (non-hydrogen) atoms. The van der Waals surface area contributed by atoms with Gasteiger partial charge in [-0.25, -0.2) is 0 Å². The Morgan fingerprint density at radius 2 is 2.41 bits per heavy atom. The first-order chi connectivity index (χ1) is 8.04. The van der Waals surface area contributed by atoms with Crippen molar-refractivity contribution in [2.45, 2.75) is 32.0 Å². The van der Waals surface area contributed by atoms with E-state index in [9.17, 15) is 9.90 Å². The van der Waals surface area contributed by atoms with Crippen LogP contribution in [0, 0.1) is 0 Å². The average Bonchev–Trinajstić information content (AvgIpc) is 2.77. The van der Waals surface area contributed by atoms with Gasteiger partial charge in [-0.05, 0) is 26.0 Å². The molecular weight excluding hydrogens is 220 g/mol. The smallest absolute Gasteiger partial charge is 0.239 e. The zero-order valence-corrected chi connectivity index (χ0v) is 10.1. The van der Waals surface area contributed by atoms with Crippen LogP contribution in [-0.2, 0) is 11.3 Å². The Balaban J connectivity index is 2.21. The second-order valence-corrected chi connectivity index (χ2v) is 4.94. The maximum atomic E-state index is 11.7. The van der Waals surface area contributed by atoms with Crippen LogP contribution in [0.1, 0.15) is 19.6 Å². The molecule has 1 aliphatic heterocycles. The number of nitrogens with zero attached hydrogens (tertiary/aromatic N) is 1. The van der Waals surface area contributed by atoms with Crippen molar-refractivity contribution in [1.29, 1.82) is 0 Å². The molecule has 0 bridgehead atoms. The van der Waals surface area contributed by atoms with Crippen LogP contribution in [0.25, 0.3) is 0 Å². The summed E-state index contributed by atoms with van der Waals surface area (Å²) in [6.45, 7) is 4.99. The van der Waals surface area contributed by atoms with Gasteiger partial charge >= 0.3 is 0 Å². The topological polar surface area (TPSA) is 65.7 Å². The second kappa shape index (κ2) is 4.50. The molecule has 1 aromatic heterocycles. The third-order valence-electron chi connectivity index (χ3n) is 3.23. The molecule has 0 spiro atoms. The molecule has 0 saturated carbocycles. The lowest BCUT2D eigenvalue weighted by Gasteiger charge is -2.46. The summed E-state index contributed by atoms with van der Waals surface area (Å²) in [4.78, 5) is 13.7. The molecule has 1 saturated heterocycles. The minimum atomic E-state index is -0.510. The monoisotopic (exact) mass is 238 g/mol. The molecule has 0 radical (unpaired) electrons. The standard InChI is InChI=1S/C12H18N2O3/c1-12(2)8-13-11(16)10(7-15)14(12)6-9-4-3-5-17-9/h3-5,10,15H,6-8H2,1-2H3,(H,13,16). The zero-order valence-electron chi connectivity index (χ0n) is 10.1. The van der Waals surface area contributed by atoms with E-state index in [1.165, 1.54) is 0 Å². The normalized spacial score (nSPS) is 24.6. The second-order valence-electron chi connectivity index (χ2n) is 4.94. The Hall–Kier alpha value is -1.33. The molecule has 2 N–H and O–H groups in total. The molecule has 1 unspecified atom stereocenters. The van der Waals surface area contributed by atoms with Crippen molar-refractivity contribution in [2.24, 2.45) is 0 Å². The number of rotatable bonds is 3. The number of hydrogen-bond acceptors (Lipinski definition) is 4. The van der Waals surface area contributed by atoms with Crippen molar-refractivity contribution >= 4 is 5.91 Å². The summed E-state index contributed by atoms with van der Waals surface area (Å²) in [6.07, 6.45) is 1.61. The highest BCUT2D eigenvalue weighted by Gasteiger charge is 2.40. The molecular formula is C12H18N2O3. The molecule has 1 aliphatic rings. The van der Waals surface area contributed by atoms with Crippen molar-refractivity contribution in [3.63, 3.8) is 0 Å². The Morgan fingerprint density at radius 1 is 1.65 bits per heavy atom. The van der Waals surface area contributed by atoms with E-state index in [2.05, 4.69) is 5.32 Å². The van der Waals surface area contributed by atoms with Crippen LogP contribution in [0.3, 0.4) is 0 Å². The summed E-state index contributed by atoms with van der Waals surface area (Å²) in [7, 11) is 0. The van der Waals surface area contributed by atoms with Gasteiger partial charge in [-0.2, -0.15) is 0 Å². The van der Waals surface area contributed by atoms with Gasteiger partial charge in [0.15, 0.2) is 0 Å². The van der Waals surface area contributed by atoms with Gasteiger partial charge in [-0.1, -0.05) is 0 Å². The van der Waals surface area contributed by atoms with Crippen molar-refractivity contribution in [1.82, 2.24) is 10.2 Å². The number of amides is 1. The Kier molecular flexibility index (Phi) is 3.22. The van der Waals surface area contributed by atoms with Crippen LogP contribution in [0.4, 0.5) is 0 Å². The average molecular weight is 238 g/mol. The van der Waals surface area contributed by atoms with Gasteiger partial charge in [0.1, 0.15) is 11.8 Å². The van der Waals surface area contributed by atoms with Crippen molar-refractivity contribution < 1.29 is 14.3 Å². The van der Waals surface area contributed by atoms with Crippen LogP contribution < -0.4 is 5.32 Å². The summed E-state index contributed by atoms with van der Waals surface area (Å²) in [5.74, 6) is 0.671. The molecule has 1 fully saturated rings. The third kappa shape index (κ3) is 2.35. The fourth-order valence-corrected chi connectivity index (χ4v) is 2.16. The number of nitrogens with one attached hydrogen (secondary N) is 1. The minimum Gasteiger partial charge on any atom is -0.468 e. The minimum absolute atomic E-state index is 0.126. The number of furan rings is 1. The third-order valence-corrected chi connectivity index (χ3v) is 3.23. The lowest BCUT2D eigenvalue weighted by molar-refractivity contribution is -0.137. The molecule has 1 atom stereocenters. The molecule has 0 aromatic carbocycles. The van der Waals surface area contributed by atoms with Gasteiger partial charge in [-0.3, -0.25) is 9.69 Å². The molecule has 0 aliphatic carbocycles. The number of carbonyl (C=O) groups excluding carboxylic acids is 1. The maximum Gasteiger partial charge on any atom is 0.239 e. The Labute approximate surface area is 100 Å². The van der Waals surface area contributed by atoms with Gasteiger partial charge in [0, 0.05) is 12.1 Å². The molecule has 94 valence electrons. The van der Waals surface area contributed by atoms with Crippen molar-refractivity contribution in [2.75, 3.05) is 13.2 Å². The number of aliphatic hydroxyl groups excluding tert-OH is 1. The summed E-state index contributed by atoms with van der Waals surface area (Å²) >= 11 is 0. The summed E-state index contributed by atoms with van der Waals surface area (Å²) < 4.78 is 5.30. The fraction of sp³-hybridized carbons (Fsp3) is 0.583. The van der Waals surface area contributed by atoms with Crippen LogP contribution >= 0.6 is 0 Å². The number of aliphatic hydroxyl groups is 1. The molecule has 1 aromatic rings. The first-order valence-electron chi connectivity index (χ1n) is 5.72. The Morgan fingerprint density at radius 3 is 3.00 bits per heavy atom. The lowest BCUT2D eigenvalue weighted by atomic mass is 9.95. The number of carbonyl (C=O) groups is 1. The molecule has 1 amide bonds. The first kappa shape index (κ1) is 12.1. The largest absolute Gasteiger partial charge is 0.468 e. The molecule has 5 nitrogen and oxygen atoms in total. The molecule has 2 rings (SSSR count). The van der Waals surface area contributed by atoms with E-state index in [1.807, 2.05) is 30.9 Å². The van der Waals surface area contributed by atoms with E-state index in [1.54, 1.807) is 6.26 Å². The summed E-state index contributed by atoms with van der Waals surface area (Å²) in [5, 5.41) is 12.2. The maximum absolute atomic E-state index is 11.7. The zero-order chi connectivity index (χ0) is 12.5. The highest BCUT2D eigenvalue weighted by atomic mass is 16.3. The van der Waals surface area contributed by atoms with E-state index in [0.717, 1.165) is 5.76 Å². The molecule has 2 heterocycles. The van der Waals surface area contributed by atoms with Crippen molar-refractivity contribution in [3.8, 4) is 0 Å². The van der Waals surface area contributed by atoms with E-state index in [0.29, 0.717) is 13.1 Å². The number of hydrogen-bond donors (Lipinski definition) is 2. The van der Waals surface area contributed by atoms with Crippen LogP contribution in [0.15, 0.2) is 22.8 Å². The predicted octanol–water partition coefficient (Wildman–Crippen LogP) is 0.351. The van der Waals surface area contributed by atoms with Gasteiger partial charge < -0.3 is 14.8 Å². The quantitative estimate of drug-likeness (QED) is 0.797. The lowest BCUT2D eigenvalue weighted by Crippen LogP contribution is -2.66. The summed E-state index contributed by atoms with van der Waals surface area (Å²) in [6, 6.07) is 3.18. The van der Waals surface area contributed by atoms with E-state index in [-0.39, 0.29) is 18.1 Å². The van der Waals surface area contributed by atoms with Gasteiger partial charge in [0.05, 0.1) is 19.4 Å². The first-order valence-corrected chi connectivity index (χ1v) is 5.72. The van der Waals surface area contributed by atoms with Gasteiger partial charge in [0.25, 0.3) is 0 Å². The van der Waals surface area contributed by atoms with E-state index >= 15 is 0 Å². The van der Waals surface area contributed by atoms with Gasteiger partial charge in [0.2, 0.25) is 5.91 Å². The van der Waals surface area contributed by atoms with Crippen LogP contribution in [0.2, 0.25) is 0 Å². The van der Waals surface area contributed by atoms with Crippen LogP contribution in [0.5, 0.6) is 0 Å². The summed E-state index contributed by atoms with van der Waals surface area (Å²) in [5.41, 5.74) is -0.200.